The van der Waals surface area contributed by atoms with Crippen LogP contribution < -0.4 is 0 Å². The van der Waals surface area contributed by atoms with E-state index in [9.17, 15) is 4.79 Å². The molecule has 0 fully saturated rings. The summed E-state index contributed by atoms with van der Waals surface area (Å²) in [5.74, 6) is -0.130. The van der Waals surface area contributed by atoms with E-state index in [-0.39, 0.29) is 5.91 Å². The number of nitriles is 1. The van der Waals surface area contributed by atoms with Crippen molar-refractivity contribution in [2.24, 2.45) is 0 Å². The quantitative estimate of drug-likeness (QED) is 0.734. The molecule has 0 aromatic heterocycles. The summed E-state index contributed by atoms with van der Waals surface area (Å²) in [7, 11) is 3.36. The number of rotatable bonds is 2. The summed E-state index contributed by atoms with van der Waals surface area (Å²) < 4.78 is 0. The number of carbonyl (C=O) groups excluding carboxylic acids is 1. The van der Waals surface area contributed by atoms with Gasteiger partial charge in [-0.25, -0.2) is 0 Å². The number of hydrogen-bond donors (Lipinski definition) is 0. The summed E-state index contributed by atoms with van der Waals surface area (Å²) in [5.41, 5.74) is 2.00. The highest BCUT2D eigenvalue weighted by molar-refractivity contribution is 5.96. The van der Waals surface area contributed by atoms with E-state index in [2.05, 4.69) is 6.07 Å². The van der Waals surface area contributed by atoms with Crippen molar-refractivity contribution in [1.29, 1.82) is 5.26 Å². The molecule has 0 saturated heterocycles. The zero-order chi connectivity index (χ0) is 11.4. The molecule has 3 heteroatoms. The lowest BCUT2D eigenvalue weighted by Crippen LogP contribution is -2.22. The molecule has 3 nitrogen and oxygen atoms in total. The normalized spacial score (nSPS) is 9.47. The SMILES string of the molecule is CCc1ccc(C(=O)N(C)C)c(C#N)c1. The second kappa shape index (κ2) is 4.61. The van der Waals surface area contributed by atoms with Crippen LogP contribution in [0.4, 0.5) is 0 Å². The molecule has 0 aliphatic heterocycles. The van der Waals surface area contributed by atoms with Crippen LogP contribution in [0.15, 0.2) is 18.2 Å². The van der Waals surface area contributed by atoms with Crippen molar-refractivity contribution in [3.05, 3.63) is 34.9 Å². The molecule has 0 aliphatic rings. The second-order valence-electron chi connectivity index (χ2n) is 3.54. The molecular formula is C12H14N2O. The first-order chi connectivity index (χ1) is 7.10. The van der Waals surface area contributed by atoms with Crippen molar-refractivity contribution in [3.63, 3.8) is 0 Å². The van der Waals surface area contributed by atoms with Gasteiger partial charge in [0.1, 0.15) is 0 Å². The maximum atomic E-state index is 11.7. The minimum absolute atomic E-state index is 0.130. The Balaban J connectivity index is 3.21. The van der Waals surface area contributed by atoms with Crippen molar-refractivity contribution >= 4 is 5.91 Å². The molecule has 0 aliphatic carbocycles. The van der Waals surface area contributed by atoms with E-state index in [0.29, 0.717) is 11.1 Å². The highest BCUT2D eigenvalue weighted by Crippen LogP contribution is 2.13. The van der Waals surface area contributed by atoms with Crippen molar-refractivity contribution < 1.29 is 4.79 Å². The standard InChI is InChI=1S/C12H14N2O/c1-4-9-5-6-11(10(7-9)8-13)12(15)14(2)3/h5-7H,4H2,1-3H3. The molecule has 0 saturated carbocycles. The number of amides is 1. The Bertz CT molecular complexity index is 416. The Morgan fingerprint density at radius 3 is 2.60 bits per heavy atom. The maximum absolute atomic E-state index is 11.7. The van der Waals surface area contributed by atoms with Crippen LogP contribution in [0.25, 0.3) is 0 Å². The minimum Gasteiger partial charge on any atom is -0.345 e. The largest absolute Gasteiger partial charge is 0.345 e. The summed E-state index contributed by atoms with van der Waals surface area (Å²) in [6.07, 6.45) is 0.866. The Morgan fingerprint density at radius 1 is 1.47 bits per heavy atom. The Labute approximate surface area is 89.9 Å². The summed E-state index contributed by atoms with van der Waals surface area (Å²) in [5, 5.41) is 8.95. The van der Waals surface area contributed by atoms with E-state index in [1.165, 1.54) is 4.90 Å². The predicted molar refractivity (Wildman–Crippen MR) is 58.6 cm³/mol. The average molecular weight is 202 g/mol. The van der Waals surface area contributed by atoms with E-state index in [1.807, 2.05) is 13.0 Å². The first kappa shape index (κ1) is 11.3. The van der Waals surface area contributed by atoms with Crippen molar-refractivity contribution in [1.82, 2.24) is 4.90 Å². The molecule has 0 bridgehead atoms. The van der Waals surface area contributed by atoms with E-state index in [1.54, 1.807) is 26.2 Å². The molecule has 0 atom stereocenters. The number of hydrogen-bond acceptors (Lipinski definition) is 2. The van der Waals surface area contributed by atoms with Crippen LogP contribution in [0, 0.1) is 11.3 Å². The lowest BCUT2D eigenvalue weighted by Gasteiger charge is -2.11. The second-order valence-corrected chi connectivity index (χ2v) is 3.54. The van der Waals surface area contributed by atoms with Gasteiger partial charge >= 0.3 is 0 Å². The van der Waals surface area contributed by atoms with Crippen LogP contribution in [0.3, 0.4) is 0 Å². The van der Waals surface area contributed by atoms with Gasteiger partial charge in [-0.05, 0) is 24.1 Å². The third-order valence-electron chi connectivity index (χ3n) is 2.25. The minimum atomic E-state index is -0.130. The lowest BCUT2D eigenvalue weighted by molar-refractivity contribution is 0.0827. The van der Waals surface area contributed by atoms with Crippen LogP contribution in [0.2, 0.25) is 0 Å². The topological polar surface area (TPSA) is 44.1 Å². The van der Waals surface area contributed by atoms with Crippen LogP contribution in [0.1, 0.15) is 28.4 Å². The first-order valence-electron chi connectivity index (χ1n) is 4.84. The predicted octanol–water partition coefficient (Wildman–Crippen LogP) is 1.82. The lowest BCUT2D eigenvalue weighted by atomic mass is 10.0. The van der Waals surface area contributed by atoms with Gasteiger partial charge in [-0.3, -0.25) is 4.79 Å². The van der Waals surface area contributed by atoms with Gasteiger partial charge in [-0.1, -0.05) is 13.0 Å². The fourth-order valence-electron chi connectivity index (χ4n) is 1.33. The molecule has 1 aromatic rings. The van der Waals surface area contributed by atoms with E-state index >= 15 is 0 Å². The van der Waals surface area contributed by atoms with E-state index in [0.717, 1.165) is 12.0 Å². The molecule has 0 heterocycles. The molecule has 0 spiro atoms. The highest BCUT2D eigenvalue weighted by atomic mass is 16.2. The number of benzene rings is 1. The van der Waals surface area contributed by atoms with Crippen LogP contribution in [0.5, 0.6) is 0 Å². The number of carbonyl (C=O) groups is 1. The van der Waals surface area contributed by atoms with Gasteiger partial charge < -0.3 is 4.90 Å². The monoisotopic (exact) mass is 202 g/mol. The van der Waals surface area contributed by atoms with E-state index < -0.39 is 0 Å². The van der Waals surface area contributed by atoms with Crippen LogP contribution in [-0.4, -0.2) is 24.9 Å². The smallest absolute Gasteiger partial charge is 0.254 e. The van der Waals surface area contributed by atoms with Gasteiger partial charge in [-0.15, -0.1) is 0 Å². The molecule has 1 aromatic carbocycles. The maximum Gasteiger partial charge on any atom is 0.254 e. The zero-order valence-corrected chi connectivity index (χ0v) is 9.24. The average Bonchev–Trinajstić information content (AvgIpc) is 2.27. The fourth-order valence-corrected chi connectivity index (χ4v) is 1.33. The summed E-state index contributed by atoms with van der Waals surface area (Å²) >= 11 is 0. The van der Waals surface area contributed by atoms with Crippen molar-refractivity contribution in [3.8, 4) is 6.07 Å². The van der Waals surface area contributed by atoms with Gasteiger partial charge in [0.15, 0.2) is 0 Å². The van der Waals surface area contributed by atoms with Gasteiger partial charge in [0.2, 0.25) is 0 Å². The van der Waals surface area contributed by atoms with E-state index in [4.69, 9.17) is 5.26 Å². The number of nitrogens with zero attached hydrogens (tertiary/aromatic N) is 2. The third-order valence-corrected chi connectivity index (χ3v) is 2.25. The molecule has 0 N–H and O–H groups in total. The summed E-state index contributed by atoms with van der Waals surface area (Å²) in [6, 6.07) is 7.44. The van der Waals surface area contributed by atoms with Gasteiger partial charge in [0.25, 0.3) is 5.91 Å². The Hall–Kier alpha value is -1.82. The molecule has 1 rings (SSSR count). The fraction of sp³-hybridized carbons (Fsp3) is 0.333. The Morgan fingerprint density at radius 2 is 2.13 bits per heavy atom. The number of aryl methyl sites for hydroxylation is 1. The van der Waals surface area contributed by atoms with Gasteiger partial charge in [-0.2, -0.15) is 5.26 Å². The molecule has 0 radical (unpaired) electrons. The molecular weight excluding hydrogens is 188 g/mol. The summed E-state index contributed by atoms with van der Waals surface area (Å²) in [4.78, 5) is 13.2. The molecule has 15 heavy (non-hydrogen) atoms. The van der Waals surface area contributed by atoms with Gasteiger partial charge in [0.05, 0.1) is 17.2 Å². The van der Waals surface area contributed by atoms with Crippen LogP contribution in [-0.2, 0) is 6.42 Å². The molecule has 78 valence electrons. The zero-order valence-electron chi connectivity index (χ0n) is 9.24. The van der Waals surface area contributed by atoms with Gasteiger partial charge in [0, 0.05) is 14.1 Å². The molecule has 0 unspecified atom stereocenters. The Kier molecular flexibility index (Phi) is 3.46. The summed E-state index contributed by atoms with van der Waals surface area (Å²) in [6.45, 7) is 2.02. The highest BCUT2D eigenvalue weighted by Gasteiger charge is 2.13. The van der Waals surface area contributed by atoms with Crippen LogP contribution >= 0.6 is 0 Å². The first-order valence-corrected chi connectivity index (χ1v) is 4.84. The third kappa shape index (κ3) is 2.35. The molecule has 1 amide bonds. The van der Waals surface area contributed by atoms with Crippen molar-refractivity contribution in [2.75, 3.05) is 14.1 Å². The van der Waals surface area contributed by atoms with Crippen molar-refractivity contribution in [2.45, 2.75) is 13.3 Å².